The topological polar surface area (TPSA) is 105 Å². The van der Waals surface area contributed by atoms with E-state index < -0.39 is 0 Å². The molecule has 7 heteroatoms. The van der Waals surface area contributed by atoms with E-state index in [1.807, 2.05) is 54.5 Å². The lowest BCUT2D eigenvalue weighted by Gasteiger charge is -2.20. The Labute approximate surface area is 177 Å². The molecule has 0 aliphatic heterocycles. The molecule has 1 atom stereocenters. The van der Waals surface area contributed by atoms with Crippen molar-refractivity contribution in [2.45, 2.75) is 105 Å². The maximum atomic E-state index is 10.7. The van der Waals surface area contributed by atoms with Crippen molar-refractivity contribution in [2.75, 3.05) is 7.05 Å². The molecule has 7 nitrogen and oxygen atoms in total. The number of ether oxygens (including phenoxy) is 1. The van der Waals surface area contributed by atoms with Gasteiger partial charge in [0.25, 0.3) is 0 Å². The van der Waals surface area contributed by atoms with E-state index in [-0.39, 0.29) is 29.7 Å². The van der Waals surface area contributed by atoms with Gasteiger partial charge >= 0.3 is 6.09 Å². The molecule has 0 fully saturated rings. The van der Waals surface area contributed by atoms with Gasteiger partial charge in [-0.3, -0.25) is 9.59 Å². The number of carbonyl (C=O) groups excluding carboxylic acids is 3. The highest BCUT2D eigenvalue weighted by Gasteiger charge is 2.14. The third kappa shape index (κ3) is 24.1. The average molecular weight is 417 g/mol. The van der Waals surface area contributed by atoms with Gasteiger partial charge in [-0.1, -0.05) is 33.8 Å². The second kappa shape index (κ2) is 19.4. The number of carbonyl (C=O) groups is 3. The molecule has 3 N–H and O–H groups in total. The zero-order chi connectivity index (χ0) is 23.5. The summed E-state index contributed by atoms with van der Waals surface area (Å²) in [5.41, 5.74) is 0.469. The van der Waals surface area contributed by atoms with Crippen LogP contribution in [0.5, 0.6) is 0 Å². The van der Waals surface area contributed by atoms with Crippen molar-refractivity contribution >= 4 is 18.3 Å². The number of aliphatic hydroxyl groups excluding tert-OH is 1. The summed E-state index contributed by atoms with van der Waals surface area (Å²) in [4.78, 5) is 31.5. The predicted molar refractivity (Wildman–Crippen MR) is 119 cm³/mol. The molecule has 1 aliphatic carbocycles. The molecule has 1 rings (SSSR count). The zero-order valence-corrected chi connectivity index (χ0v) is 19.9. The minimum Gasteiger partial charge on any atom is -0.444 e. The van der Waals surface area contributed by atoms with Crippen molar-refractivity contribution in [2.24, 2.45) is 0 Å². The van der Waals surface area contributed by atoms with Crippen LogP contribution >= 0.6 is 0 Å². The van der Waals surface area contributed by atoms with Crippen LogP contribution in [0.2, 0.25) is 0 Å². The molecule has 0 spiro atoms. The number of nitrogens with one attached hydrogen (secondary N) is 2. The van der Waals surface area contributed by atoms with Crippen molar-refractivity contribution < 1.29 is 24.2 Å². The van der Waals surface area contributed by atoms with Crippen LogP contribution in [0.3, 0.4) is 0 Å². The summed E-state index contributed by atoms with van der Waals surface area (Å²) in [5.74, 6) is 0.00273. The van der Waals surface area contributed by atoms with Crippen molar-refractivity contribution in [3.05, 3.63) is 11.6 Å². The summed E-state index contributed by atoms with van der Waals surface area (Å²) in [7, 11) is 1.54. The molecule has 0 heterocycles. The van der Waals surface area contributed by atoms with Gasteiger partial charge in [-0.05, 0) is 58.4 Å². The van der Waals surface area contributed by atoms with Crippen LogP contribution < -0.4 is 10.6 Å². The zero-order valence-electron chi connectivity index (χ0n) is 19.9. The average Bonchev–Trinajstić information content (AvgIpc) is 2.68. The SMILES string of the molecule is CC.CC(=O)N[C@H]1CC=C(C=O)CC1.CCC(O)CC.CNC(=O)OC(C)(C)C. The highest BCUT2D eigenvalue weighted by atomic mass is 16.6. The minimum absolute atomic E-state index is 0.00273. The lowest BCUT2D eigenvalue weighted by atomic mass is 9.96. The largest absolute Gasteiger partial charge is 0.444 e. The number of aldehydes is 1. The Balaban J connectivity index is -0.000000354. The van der Waals surface area contributed by atoms with Crippen LogP contribution in [-0.2, 0) is 14.3 Å². The molecule has 0 aromatic carbocycles. The minimum atomic E-state index is -0.389. The van der Waals surface area contributed by atoms with E-state index in [0.717, 1.165) is 44.0 Å². The molecular weight excluding hydrogens is 372 g/mol. The Morgan fingerprint density at radius 2 is 1.79 bits per heavy atom. The van der Waals surface area contributed by atoms with Crippen LogP contribution in [0.15, 0.2) is 11.6 Å². The highest BCUT2D eigenvalue weighted by molar-refractivity contribution is 5.74. The third-order valence-electron chi connectivity index (χ3n) is 3.55. The van der Waals surface area contributed by atoms with Gasteiger partial charge in [0.15, 0.2) is 0 Å². The van der Waals surface area contributed by atoms with Crippen molar-refractivity contribution in [1.29, 1.82) is 0 Å². The normalized spacial score (nSPS) is 15.0. The van der Waals surface area contributed by atoms with E-state index in [2.05, 4.69) is 10.6 Å². The van der Waals surface area contributed by atoms with Crippen molar-refractivity contribution in [1.82, 2.24) is 10.6 Å². The maximum absolute atomic E-state index is 10.7. The van der Waals surface area contributed by atoms with Crippen LogP contribution in [0.4, 0.5) is 4.79 Å². The van der Waals surface area contributed by atoms with Crippen molar-refractivity contribution in [3.8, 4) is 0 Å². The van der Waals surface area contributed by atoms with Crippen LogP contribution in [0.1, 0.15) is 87.5 Å². The van der Waals surface area contributed by atoms with E-state index in [4.69, 9.17) is 9.84 Å². The summed E-state index contributed by atoms with van der Waals surface area (Å²) in [5, 5.41) is 13.9. The number of amides is 2. The second-order valence-corrected chi connectivity index (χ2v) is 7.29. The van der Waals surface area contributed by atoms with E-state index >= 15 is 0 Å². The first kappa shape index (κ1) is 31.8. The van der Waals surface area contributed by atoms with Gasteiger partial charge in [-0.2, -0.15) is 0 Å². The summed E-state index contributed by atoms with van der Waals surface area (Å²) in [6, 6.07) is 0.228. The van der Waals surface area contributed by atoms with Gasteiger partial charge in [0.05, 0.1) is 6.10 Å². The molecule has 29 heavy (non-hydrogen) atoms. The molecule has 0 unspecified atom stereocenters. The summed E-state index contributed by atoms with van der Waals surface area (Å²) >= 11 is 0. The molecule has 0 radical (unpaired) electrons. The Kier molecular flexibility index (Phi) is 21.3. The quantitative estimate of drug-likeness (QED) is 0.598. The van der Waals surface area contributed by atoms with Gasteiger partial charge in [0, 0.05) is 20.0 Å². The molecule has 0 aromatic heterocycles. The molecule has 0 saturated carbocycles. The first-order valence-corrected chi connectivity index (χ1v) is 10.5. The van der Waals surface area contributed by atoms with Gasteiger partial charge in [0.1, 0.15) is 11.9 Å². The second-order valence-electron chi connectivity index (χ2n) is 7.29. The third-order valence-corrected chi connectivity index (χ3v) is 3.55. The van der Waals surface area contributed by atoms with Crippen LogP contribution in [-0.4, -0.2) is 48.2 Å². The Morgan fingerprint density at radius 3 is 2.00 bits per heavy atom. The standard InChI is InChI=1S/C9H13NO2.C6H13NO2.C5H12O.C2H6/c1-7(12)10-9-4-2-8(6-11)3-5-9;1-6(2,3)9-5(8)7-4;1-3-5(6)4-2;1-2/h2,6,9H,3-5H2,1H3,(H,10,12);1-4H3,(H,7,8);5-6H,3-4H2,1-2H3;1-2H3/t9-;;;/m0.../s1. The summed E-state index contributed by atoms with van der Waals surface area (Å²) < 4.78 is 4.84. The summed E-state index contributed by atoms with van der Waals surface area (Å²) in [6.07, 6.45) is 6.56. The van der Waals surface area contributed by atoms with Gasteiger partial charge < -0.3 is 20.5 Å². The van der Waals surface area contributed by atoms with Gasteiger partial charge in [-0.15, -0.1) is 0 Å². The van der Waals surface area contributed by atoms with Gasteiger partial charge in [0.2, 0.25) is 5.91 Å². The number of rotatable bonds is 4. The molecule has 0 saturated heterocycles. The molecule has 1 aliphatic rings. The lowest BCUT2D eigenvalue weighted by molar-refractivity contribution is -0.119. The van der Waals surface area contributed by atoms with E-state index in [1.165, 1.54) is 14.0 Å². The Hall–Kier alpha value is -1.89. The monoisotopic (exact) mass is 416 g/mol. The number of hydrogen-bond donors (Lipinski definition) is 3. The fraction of sp³-hybridized carbons (Fsp3) is 0.773. The van der Waals surface area contributed by atoms with E-state index in [1.54, 1.807) is 0 Å². The number of alkyl carbamates (subject to hydrolysis) is 1. The Morgan fingerprint density at radius 1 is 1.28 bits per heavy atom. The smallest absolute Gasteiger partial charge is 0.407 e. The van der Waals surface area contributed by atoms with E-state index in [0.29, 0.717) is 0 Å². The molecule has 2 amide bonds. The molecule has 0 aromatic rings. The number of hydrogen-bond acceptors (Lipinski definition) is 5. The van der Waals surface area contributed by atoms with E-state index in [9.17, 15) is 14.4 Å². The Bertz CT molecular complexity index is 466. The molecule has 0 bridgehead atoms. The molecular formula is C22H44N2O5. The lowest BCUT2D eigenvalue weighted by Crippen LogP contribution is -2.34. The maximum Gasteiger partial charge on any atom is 0.407 e. The first-order valence-electron chi connectivity index (χ1n) is 10.5. The number of aliphatic hydroxyl groups is 1. The molecule has 172 valence electrons. The van der Waals surface area contributed by atoms with Crippen LogP contribution in [0, 0.1) is 0 Å². The van der Waals surface area contributed by atoms with Crippen LogP contribution in [0.25, 0.3) is 0 Å². The van der Waals surface area contributed by atoms with Gasteiger partial charge in [-0.25, -0.2) is 4.79 Å². The van der Waals surface area contributed by atoms with Crippen molar-refractivity contribution in [3.63, 3.8) is 0 Å². The predicted octanol–water partition coefficient (Wildman–Crippen LogP) is 4.13. The number of allylic oxidation sites excluding steroid dienone is 1. The fourth-order valence-electron chi connectivity index (χ4n) is 2.00. The summed E-state index contributed by atoms with van der Waals surface area (Å²) in [6.45, 7) is 14.9. The highest BCUT2D eigenvalue weighted by Crippen LogP contribution is 2.16. The fourth-order valence-corrected chi connectivity index (χ4v) is 2.00. The first-order chi connectivity index (χ1) is 13.5.